The van der Waals surface area contributed by atoms with Crippen molar-refractivity contribution < 1.29 is 43.9 Å². The number of nitrogens with one attached hydrogen (secondary N) is 1. The lowest BCUT2D eigenvalue weighted by Crippen LogP contribution is -2.42. The Balaban J connectivity index is 0.000000289. The van der Waals surface area contributed by atoms with E-state index in [1.807, 2.05) is 42.5 Å². The number of aromatic amines is 1. The number of hydrogen-bond acceptors (Lipinski definition) is 8. The van der Waals surface area contributed by atoms with Crippen LogP contribution < -0.4 is 0 Å². The first-order chi connectivity index (χ1) is 19.1. The highest BCUT2D eigenvalue weighted by Crippen LogP contribution is 2.23. The van der Waals surface area contributed by atoms with Crippen LogP contribution in [-0.2, 0) is 32.2 Å². The van der Waals surface area contributed by atoms with Gasteiger partial charge in [-0.05, 0) is 18.9 Å². The van der Waals surface area contributed by atoms with E-state index in [9.17, 15) is 18.8 Å². The predicted octanol–water partition coefficient (Wildman–Crippen LogP) is 2.54. The molecule has 40 heavy (non-hydrogen) atoms. The average Bonchev–Trinajstić information content (AvgIpc) is 3.57. The van der Waals surface area contributed by atoms with Gasteiger partial charge < -0.3 is 25.2 Å². The number of carbonyl (C=O) groups is 3. The van der Waals surface area contributed by atoms with Gasteiger partial charge in [0.1, 0.15) is 17.2 Å². The van der Waals surface area contributed by atoms with E-state index in [1.54, 1.807) is 6.07 Å². The lowest BCUT2D eigenvalue weighted by Gasteiger charge is -2.25. The number of benzene rings is 2. The molecule has 1 saturated heterocycles. The maximum Gasteiger partial charge on any atom is 0.336 e. The van der Waals surface area contributed by atoms with Gasteiger partial charge in [-0.2, -0.15) is 15.4 Å². The summed E-state index contributed by atoms with van der Waals surface area (Å²) in [6, 6.07) is 16.9. The SMILES string of the molecule is Fc1ccccc1CN(Cc1n[nH]nc1-c1ccccc1)CC1CCCO1.O=C(O)CC(O)(CC(=O)O)C(=O)O. The number of nitrogens with zero attached hydrogens (tertiary/aromatic N) is 3. The zero-order valence-corrected chi connectivity index (χ0v) is 21.6. The highest BCUT2D eigenvalue weighted by molar-refractivity contribution is 5.88. The molecule has 1 aliphatic heterocycles. The summed E-state index contributed by atoms with van der Waals surface area (Å²) >= 11 is 0. The number of carboxylic acid groups (broad SMARTS) is 3. The number of halogens is 1. The van der Waals surface area contributed by atoms with E-state index in [0.717, 1.165) is 42.9 Å². The van der Waals surface area contributed by atoms with Gasteiger partial charge in [0.25, 0.3) is 0 Å². The van der Waals surface area contributed by atoms with Crippen molar-refractivity contribution in [1.82, 2.24) is 20.3 Å². The molecular weight excluding hydrogens is 527 g/mol. The van der Waals surface area contributed by atoms with Crippen LogP contribution in [0.5, 0.6) is 0 Å². The average molecular weight is 559 g/mol. The van der Waals surface area contributed by atoms with Gasteiger partial charge in [-0.15, -0.1) is 0 Å². The van der Waals surface area contributed by atoms with Crippen LogP contribution in [-0.4, -0.2) is 83.5 Å². The van der Waals surface area contributed by atoms with Gasteiger partial charge in [-0.3, -0.25) is 14.5 Å². The van der Waals surface area contributed by atoms with Crippen molar-refractivity contribution in [2.45, 2.75) is 50.5 Å². The van der Waals surface area contributed by atoms with Crippen LogP contribution in [0.2, 0.25) is 0 Å². The van der Waals surface area contributed by atoms with Gasteiger partial charge in [-0.1, -0.05) is 48.5 Å². The van der Waals surface area contributed by atoms with Crippen molar-refractivity contribution in [3.8, 4) is 11.3 Å². The van der Waals surface area contributed by atoms with E-state index >= 15 is 0 Å². The molecule has 13 heteroatoms. The fourth-order valence-electron chi connectivity index (χ4n) is 4.24. The Morgan fingerprint density at radius 2 is 1.62 bits per heavy atom. The summed E-state index contributed by atoms with van der Waals surface area (Å²) in [6.07, 6.45) is 0.0163. The number of aliphatic carboxylic acids is 3. The van der Waals surface area contributed by atoms with Crippen molar-refractivity contribution in [3.63, 3.8) is 0 Å². The van der Waals surface area contributed by atoms with Gasteiger partial charge in [0.2, 0.25) is 0 Å². The third kappa shape index (κ3) is 8.93. The molecule has 214 valence electrons. The van der Waals surface area contributed by atoms with Gasteiger partial charge in [0.15, 0.2) is 5.60 Å². The van der Waals surface area contributed by atoms with Crippen molar-refractivity contribution in [2.75, 3.05) is 13.2 Å². The largest absolute Gasteiger partial charge is 0.481 e. The monoisotopic (exact) mass is 558 g/mol. The molecule has 1 aromatic heterocycles. The molecule has 3 aromatic rings. The number of aliphatic hydroxyl groups is 1. The lowest BCUT2D eigenvalue weighted by molar-refractivity contribution is -0.170. The molecule has 2 aromatic carbocycles. The van der Waals surface area contributed by atoms with Gasteiger partial charge in [0.05, 0.1) is 18.9 Å². The van der Waals surface area contributed by atoms with E-state index in [1.165, 1.54) is 6.07 Å². The third-order valence-electron chi connectivity index (χ3n) is 6.16. The molecule has 1 atom stereocenters. The fraction of sp³-hybridized carbons (Fsp3) is 0.370. The van der Waals surface area contributed by atoms with Gasteiger partial charge in [-0.25, -0.2) is 9.18 Å². The predicted molar refractivity (Wildman–Crippen MR) is 138 cm³/mol. The number of ether oxygens (including phenoxy) is 1. The van der Waals surface area contributed by atoms with Crippen LogP contribution in [0.15, 0.2) is 54.6 Å². The normalized spacial score (nSPS) is 14.9. The molecule has 12 nitrogen and oxygen atoms in total. The van der Waals surface area contributed by atoms with Gasteiger partial charge in [0, 0.05) is 37.4 Å². The Morgan fingerprint density at radius 3 is 2.20 bits per heavy atom. The number of hydrogen-bond donors (Lipinski definition) is 5. The highest BCUT2D eigenvalue weighted by atomic mass is 19.1. The summed E-state index contributed by atoms with van der Waals surface area (Å²) in [5.41, 5.74) is 0.652. The molecule has 4 rings (SSSR count). The molecule has 0 amide bonds. The number of carboxylic acids is 3. The molecule has 0 aliphatic carbocycles. The smallest absolute Gasteiger partial charge is 0.336 e. The van der Waals surface area contributed by atoms with Crippen LogP contribution in [0.25, 0.3) is 11.3 Å². The summed E-state index contributed by atoms with van der Waals surface area (Å²) in [4.78, 5) is 32.7. The zero-order chi connectivity index (χ0) is 29.1. The summed E-state index contributed by atoms with van der Waals surface area (Å²) < 4.78 is 20.0. The first kappa shape index (κ1) is 30.3. The van der Waals surface area contributed by atoms with E-state index in [2.05, 4.69) is 20.3 Å². The Hall–Kier alpha value is -4.20. The Morgan fingerprint density at radius 1 is 0.975 bits per heavy atom. The van der Waals surface area contributed by atoms with Crippen molar-refractivity contribution >= 4 is 17.9 Å². The summed E-state index contributed by atoms with van der Waals surface area (Å²) in [5, 5.41) is 45.2. The van der Waals surface area contributed by atoms with E-state index in [4.69, 9.17) is 25.2 Å². The van der Waals surface area contributed by atoms with E-state index in [0.29, 0.717) is 18.7 Å². The standard InChI is InChI=1S/C21H23FN4O.C6H8O7/c22-19-11-5-4-9-17(19)13-26(14-18-10-6-12-27-18)15-20-21(24-25-23-20)16-7-2-1-3-8-16;7-3(8)1-6(13,5(11)12)2-4(9)10/h1-5,7-9,11,18H,6,10,12-15H2,(H,23,24,25);13H,1-2H2,(H,7,8)(H,9,10)(H,11,12). The van der Waals surface area contributed by atoms with E-state index in [-0.39, 0.29) is 11.9 Å². The molecule has 1 unspecified atom stereocenters. The second-order valence-electron chi connectivity index (χ2n) is 9.36. The van der Waals surface area contributed by atoms with Crippen LogP contribution in [0.4, 0.5) is 4.39 Å². The maximum absolute atomic E-state index is 14.2. The molecule has 0 saturated carbocycles. The Labute approximate surface area is 229 Å². The molecular formula is C27H31FN4O8. The second kappa shape index (κ2) is 14.3. The number of aromatic nitrogens is 3. The summed E-state index contributed by atoms with van der Waals surface area (Å²) in [7, 11) is 0. The van der Waals surface area contributed by atoms with Crippen molar-refractivity contribution in [1.29, 1.82) is 0 Å². The number of H-pyrrole nitrogens is 1. The molecule has 1 aliphatic rings. The first-order valence-electron chi connectivity index (χ1n) is 12.5. The minimum Gasteiger partial charge on any atom is -0.481 e. The molecule has 1 fully saturated rings. The van der Waals surface area contributed by atoms with E-state index < -0.39 is 36.4 Å². The summed E-state index contributed by atoms with van der Waals surface area (Å²) in [6.45, 7) is 2.63. The Kier molecular flexibility index (Phi) is 10.8. The summed E-state index contributed by atoms with van der Waals surface area (Å²) in [5.74, 6) is -5.20. The van der Waals surface area contributed by atoms with Crippen molar-refractivity contribution in [3.05, 3.63) is 71.7 Å². The third-order valence-corrected chi connectivity index (χ3v) is 6.16. The zero-order valence-electron chi connectivity index (χ0n) is 21.6. The molecule has 0 bridgehead atoms. The maximum atomic E-state index is 14.2. The molecule has 0 radical (unpaired) electrons. The van der Waals surface area contributed by atoms with Crippen LogP contribution in [0.3, 0.4) is 0 Å². The topological polar surface area (TPSA) is 186 Å². The number of rotatable bonds is 12. The quantitative estimate of drug-likeness (QED) is 0.220. The van der Waals surface area contributed by atoms with Crippen molar-refractivity contribution in [2.24, 2.45) is 0 Å². The Bertz CT molecular complexity index is 1260. The van der Waals surface area contributed by atoms with Crippen LogP contribution >= 0.6 is 0 Å². The lowest BCUT2D eigenvalue weighted by atomic mass is 9.96. The second-order valence-corrected chi connectivity index (χ2v) is 9.36. The molecule has 2 heterocycles. The fourth-order valence-corrected chi connectivity index (χ4v) is 4.24. The molecule has 0 spiro atoms. The highest BCUT2D eigenvalue weighted by Gasteiger charge is 2.40. The molecule has 5 N–H and O–H groups in total. The van der Waals surface area contributed by atoms with Crippen LogP contribution in [0.1, 0.15) is 36.9 Å². The minimum atomic E-state index is -2.74. The van der Waals surface area contributed by atoms with Crippen LogP contribution in [0, 0.1) is 5.82 Å². The van der Waals surface area contributed by atoms with Gasteiger partial charge >= 0.3 is 17.9 Å². The minimum absolute atomic E-state index is 0.182. The first-order valence-corrected chi connectivity index (χ1v) is 12.5.